The topological polar surface area (TPSA) is 59.5 Å². The van der Waals surface area contributed by atoms with Crippen LogP contribution in [-0.4, -0.2) is 30.0 Å². The molecule has 0 saturated carbocycles. The number of halogens is 1. The van der Waals surface area contributed by atoms with E-state index in [-0.39, 0.29) is 24.8 Å². The Morgan fingerprint density at radius 1 is 1.15 bits per heavy atom. The first kappa shape index (κ1) is 19.0. The molecule has 27 heavy (non-hydrogen) atoms. The predicted octanol–water partition coefficient (Wildman–Crippen LogP) is 3.96. The van der Waals surface area contributed by atoms with Gasteiger partial charge in [-0.25, -0.2) is 9.37 Å². The van der Waals surface area contributed by atoms with E-state index >= 15 is 0 Å². The average Bonchev–Trinajstić information content (AvgIpc) is 3.10. The number of hydrogen-bond donors (Lipinski definition) is 0. The molecule has 0 unspecified atom stereocenters. The number of likely N-dealkylation sites (N-methyl/N-ethyl adjacent to an activating group) is 1. The van der Waals surface area contributed by atoms with Crippen molar-refractivity contribution in [3.05, 3.63) is 59.9 Å². The molecule has 2 aromatic carbocycles. The number of amides is 1. The third-order valence-corrected chi connectivity index (χ3v) is 5.08. The van der Waals surface area contributed by atoms with Crippen molar-refractivity contribution < 1.29 is 18.7 Å². The molecule has 0 fully saturated rings. The number of para-hydroxylation sites is 1. The summed E-state index contributed by atoms with van der Waals surface area (Å²) >= 11 is 1.42. The van der Waals surface area contributed by atoms with E-state index in [0.717, 1.165) is 15.8 Å². The smallest absolute Gasteiger partial charge is 0.306 e. The molecule has 140 valence electrons. The minimum atomic E-state index is -0.465. The Balaban J connectivity index is 1.53. The summed E-state index contributed by atoms with van der Waals surface area (Å²) in [6, 6.07) is 13.6. The number of esters is 1. The number of carbonyl (C=O) groups excluding carboxylic acids is 2. The molecule has 0 saturated heterocycles. The van der Waals surface area contributed by atoms with Gasteiger partial charge in [0.05, 0.1) is 10.2 Å². The lowest BCUT2D eigenvalue weighted by Gasteiger charge is -2.17. The lowest BCUT2D eigenvalue weighted by Crippen LogP contribution is -2.34. The molecule has 0 radical (unpaired) electrons. The minimum Gasteiger partial charge on any atom is -0.456 e. The molecule has 0 bridgehead atoms. The van der Waals surface area contributed by atoms with Crippen LogP contribution in [0.15, 0.2) is 48.5 Å². The van der Waals surface area contributed by atoms with Crippen LogP contribution in [0.25, 0.3) is 10.2 Å². The molecule has 5 nitrogen and oxygen atoms in total. The van der Waals surface area contributed by atoms with Gasteiger partial charge in [-0.2, -0.15) is 0 Å². The van der Waals surface area contributed by atoms with Gasteiger partial charge in [-0.15, -0.1) is 0 Å². The van der Waals surface area contributed by atoms with Gasteiger partial charge in [-0.05, 0) is 43.2 Å². The third-order valence-electron chi connectivity index (χ3n) is 4.02. The van der Waals surface area contributed by atoms with Crippen LogP contribution in [0.3, 0.4) is 0 Å². The zero-order valence-corrected chi connectivity index (χ0v) is 15.7. The van der Waals surface area contributed by atoms with E-state index in [1.165, 1.54) is 28.4 Å². The first-order valence-corrected chi connectivity index (χ1v) is 9.44. The molecule has 7 heteroatoms. The third kappa shape index (κ3) is 4.89. The second-order valence-electron chi connectivity index (χ2n) is 5.89. The molecule has 0 aliphatic carbocycles. The fourth-order valence-corrected chi connectivity index (χ4v) is 3.63. The van der Waals surface area contributed by atoms with Gasteiger partial charge in [0.1, 0.15) is 5.82 Å². The van der Waals surface area contributed by atoms with Crippen molar-refractivity contribution >= 4 is 38.6 Å². The van der Waals surface area contributed by atoms with Gasteiger partial charge < -0.3 is 4.74 Å². The van der Waals surface area contributed by atoms with Crippen molar-refractivity contribution in [3.8, 4) is 0 Å². The maximum atomic E-state index is 12.9. The standard InChI is InChI=1S/C20H19FN2O3S/c1-2-23(20-22-16-5-3-4-6-17(16)27-20)18(24)13-26-19(25)12-9-14-7-10-15(21)11-8-14/h3-8,10-11H,2,9,12-13H2,1H3. The number of aromatic nitrogens is 1. The van der Waals surface area contributed by atoms with Crippen LogP contribution in [0.5, 0.6) is 0 Å². The van der Waals surface area contributed by atoms with Gasteiger partial charge in [0, 0.05) is 13.0 Å². The lowest BCUT2D eigenvalue weighted by molar-refractivity contribution is -0.147. The van der Waals surface area contributed by atoms with Crippen LogP contribution >= 0.6 is 11.3 Å². The van der Waals surface area contributed by atoms with Crippen LogP contribution in [-0.2, 0) is 20.7 Å². The molecule has 1 amide bonds. The Labute approximate surface area is 160 Å². The molecular formula is C20H19FN2O3S. The van der Waals surface area contributed by atoms with E-state index in [1.807, 2.05) is 31.2 Å². The number of thiazole rings is 1. The van der Waals surface area contributed by atoms with E-state index in [1.54, 1.807) is 12.1 Å². The van der Waals surface area contributed by atoms with E-state index in [4.69, 9.17) is 4.74 Å². The number of rotatable bonds is 7. The first-order chi connectivity index (χ1) is 13.1. The Bertz CT molecular complexity index is 907. The van der Waals surface area contributed by atoms with E-state index < -0.39 is 5.97 Å². The van der Waals surface area contributed by atoms with E-state index in [9.17, 15) is 14.0 Å². The molecule has 0 N–H and O–H groups in total. The molecule has 0 atom stereocenters. The fourth-order valence-electron chi connectivity index (χ4n) is 2.58. The van der Waals surface area contributed by atoms with Crippen LogP contribution < -0.4 is 4.90 Å². The monoisotopic (exact) mass is 386 g/mol. The van der Waals surface area contributed by atoms with Crippen molar-refractivity contribution in [3.63, 3.8) is 0 Å². The maximum absolute atomic E-state index is 12.9. The molecular weight excluding hydrogens is 367 g/mol. The number of anilines is 1. The summed E-state index contributed by atoms with van der Waals surface area (Å²) in [5.41, 5.74) is 1.67. The van der Waals surface area contributed by atoms with Crippen molar-refractivity contribution in [1.82, 2.24) is 4.98 Å². The highest BCUT2D eigenvalue weighted by Gasteiger charge is 2.19. The molecule has 3 rings (SSSR count). The van der Waals surface area contributed by atoms with Crippen LogP contribution in [0, 0.1) is 5.82 Å². The van der Waals surface area contributed by atoms with Gasteiger partial charge in [0.15, 0.2) is 11.7 Å². The van der Waals surface area contributed by atoms with Crippen molar-refractivity contribution in [2.75, 3.05) is 18.1 Å². The SMILES string of the molecule is CCN(C(=O)COC(=O)CCc1ccc(F)cc1)c1nc2ccccc2s1. The number of benzene rings is 2. The summed E-state index contributed by atoms with van der Waals surface area (Å²) in [5.74, 6) is -1.10. The number of ether oxygens (including phenoxy) is 1. The number of hydrogen-bond acceptors (Lipinski definition) is 5. The fraction of sp³-hybridized carbons (Fsp3) is 0.250. The van der Waals surface area contributed by atoms with Crippen LogP contribution in [0.2, 0.25) is 0 Å². The van der Waals surface area contributed by atoms with E-state index in [2.05, 4.69) is 4.98 Å². The Morgan fingerprint density at radius 3 is 2.59 bits per heavy atom. The molecule has 0 aliphatic rings. The lowest BCUT2D eigenvalue weighted by atomic mass is 10.1. The zero-order valence-electron chi connectivity index (χ0n) is 14.9. The zero-order chi connectivity index (χ0) is 19.2. The van der Waals surface area contributed by atoms with Crippen molar-refractivity contribution in [1.29, 1.82) is 0 Å². The number of aryl methyl sites for hydroxylation is 1. The summed E-state index contributed by atoms with van der Waals surface area (Å²) in [4.78, 5) is 30.3. The van der Waals surface area contributed by atoms with Crippen LogP contribution in [0.4, 0.5) is 9.52 Å². The van der Waals surface area contributed by atoms with Crippen molar-refractivity contribution in [2.24, 2.45) is 0 Å². The summed E-state index contributed by atoms with van der Waals surface area (Å²) < 4.78 is 19.0. The normalized spacial score (nSPS) is 10.7. The molecule has 0 spiro atoms. The van der Waals surface area contributed by atoms with Gasteiger partial charge in [-0.1, -0.05) is 35.6 Å². The Hall–Kier alpha value is -2.80. The molecule has 3 aromatic rings. The molecule has 1 aromatic heterocycles. The summed E-state index contributed by atoms with van der Waals surface area (Å²) in [6.45, 7) is 1.96. The first-order valence-electron chi connectivity index (χ1n) is 8.63. The quantitative estimate of drug-likeness (QED) is 0.577. The van der Waals surface area contributed by atoms with Crippen LogP contribution in [0.1, 0.15) is 18.9 Å². The van der Waals surface area contributed by atoms with Gasteiger partial charge in [-0.3, -0.25) is 14.5 Å². The number of fused-ring (bicyclic) bond motifs is 1. The number of carbonyl (C=O) groups is 2. The molecule has 0 aliphatic heterocycles. The Morgan fingerprint density at radius 2 is 1.89 bits per heavy atom. The summed E-state index contributed by atoms with van der Waals surface area (Å²) in [6.07, 6.45) is 0.564. The van der Waals surface area contributed by atoms with Gasteiger partial charge in [0.25, 0.3) is 5.91 Å². The highest BCUT2D eigenvalue weighted by atomic mass is 32.1. The average molecular weight is 386 g/mol. The van der Waals surface area contributed by atoms with E-state index in [0.29, 0.717) is 18.1 Å². The maximum Gasteiger partial charge on any atom is 0.306 e. The highest BCUT2D eigenvalue weighted by Crippen LogP contribution is 2.28. The second kappa shape index (κ2) is 8.73. The van der Waals surface area contributed by atoms with Crippen molar-refractivity contribution in [2.45, 2.75) is 19.8 Å². The highest BCUT2D eigenvalue weighted by molar-refractivity contribution is 7.22. The second-order valence-corrected chi connectivity index (χ2v) is 6.90. The largest absolute Gasteiger partial charge is 0.456 e. The summed E-state index contributed by atoms with van der Waals surface area (Å²) in [7, 11) is 0. The minimum absolute atomic E-state index is 0.131. The number of nitrogens with zero attached hydrogens (tertiary/aromatic N) is 2. The Kier molecular flexibility index (Phi) is 6.13. The van der Waals surface area contributed by atoms with Gasteiger partial charge >= 0.3 is 5.97 Å². The summed E-state index contributed by atoms with van der Waals surface area (Å²) in [5, 5.41) is 0.589. The van der Waals surface area contributed by atoms with Gasteiger partial charge in [0.2, 0.25) is 0 Å². The predicted molar refractivity (Wildman–Crippen MR) is 103 cm³/mol. The molecule has 1 heterocycles.